The molecule has 2 fully saturated rings. The number of nitrogens with two attached hydrogens (primary N) is 1. The Balaban J connectivity index is 1.84. The lowest BCUT2D eigenvalue weighted by Gasteiger charge is -2.49. The molecule has 19 heavy (non-hydrogen) atoms. The molecule has 104 valence electrons. The van der Waals surface area contributed by atoms with E-state index in [2.05, 4.69) is 48.0 Å². The Morgan fingerprint density at radius 2 is 1.74 bits per heavy atom. The topological polar surface area (TPSA) is 32.5 Å². The van der Waals surface area contributed by atoms with Crippen molar-refractivity contribution >= 4 is 5.69 Å². The van der Waals surface area contributed by atoms with E-state index in [1.807, 2.05) is 0 Å². The van der Waals surface area contributed by atoms with Crippen LogP contribution in [-0.4, -0.2) is 44.2 Å². The summed E-state index contributed by atoms with van der Waals surface area (Å²) in [7, 11) is 2.22. The maximum atomic E-state index is 6.40. The number of benzene rings is 1. The van der Waals surface area contributed by atoms with Crippen molar-refractivity contribution in [1.29, 1.82) is 0 Å². The van der Waals surface area contributed by atoms with Crippen LogP contribution in [0.25, 0.3) is 0 Å². The van der Waals surface area contributed by atoms with Gasteiger partial charge in [-0.3, -0.25) is 0 Å². The molecule has 0 radical (unpaired) electrons. The molecule has 0 amide bonds. The van der Waals surface area contributed by atoms with Crippen molar-refractivity contribution in [3.63, 3.8) is 0 Å². The van der Waals surface area contributed by atoms with Gasteiger partial charge in [-0.1, -0.05) is 25.1 Å². The maximum Gasteiger partial charge on any atom is 0.0398 e. The summed E-state index contributed by atoms with van der Waals surface area (Å²) in [5, 5.41) is 0. The van der Waals surface area contributed by atoms with Crippen molar-refractivity contribution in [3.8, 4) is 0 Å². The number of likely N-dealkylation sites (tertiary alicyclic amines) is 1. The zero-order valence-corrected chi connectivity index (χ0v) is 12.0. The predicted molar refractivity (Wildman–Crippen MR) is 80.5 cm³/mol. The number of para-hydroxylation sites is 1. The summed E-state index contributed by atoms with van der Waals surface area (Å²) in [6, 6.07) is 9.22. The van der Waals surface area contributed by atoms with Crippen LogP contribution in [0.5, 0.6) is 0 Å². The highest BCUT2D eigenvalue weighted by atomic mass is 15.2. The van der Waals surface area contributed by atoms with Gasteiger partial charge in [-0.2, -0.15) is 0 Å². The smallest absolute Gasteiger partial charge is 0.0398 e. The van der Waals surface area contributed by atoms with Crippen molar-refractivity contribution < 1.29 is 0 Å². The molecule has 0 saturated carbocycles. The number of nitrogens with zero attached hydrogens (tertiary/aromatic N) is 2. The number of hydrogen-bond acceptors (Lipinski definition) is 3. The summed E-state index contributed by atoms with van der Waals surface area (Å²) in [5.74, 6) is 1.23. The van der Waals surface area contributed by atoms with Gasteiger partial charge < -0.3 is 15.5 Å². The minimum atomic E-state index is 0.390. The van der Waals surface area contributed by atoms with Gasteiger partial charge in [0.05, 0.1) is 0 Å². The van der Waals surface area contributed by atoms with Gasteiger partial charge in [-0.05, 0) is 25.1 Å². The molecule has 2 unspecified atom stereocenters. The molecule has 2 atom stereocenters. The van der Waals surface area contributed by atoms with E-state index in [1.165, 1.54) is 11.3 Å². The number of rotatable bonds is 2. The minimum absolute atomic E-state index is 0.390. The molecule has 3 heteroatoms. The first kappa shape index (κ1) is 12.9. The second-order valence-electron chi connectivity index (χ2n) is 6.21. The quantitative estimate of drug-likeness (QED) is 0.875. The highest BCUT2D eigenvalue weighted by Gasteiger charge is 2.39. The first-order chi connectivity index (χ1) is 9.19. The Morgan fingerprint density at radius 3 is 2.37 bits per heavy atom. The predicted octanol–water partition coefficient (Wildman–Crippen LogP) is 1.57. The third-order valence-corrected chi connectivity index (χ3v) is 4.80. The summed E-state index contributed by atoms with van der Waals surface area (Å²) < 4.78 is 0. The van der Waals surface area contributed by atoms with Crippen LogP contribution in [0.2, 0.25) is 0 Å². The maximum absolute atomic E-state index is 6.40. The Bertz CT molecular complexity index is 429. The van der Waals surface area contributed by atoms with Crippen molar-refractivity contribution in [1.82, 2.24) is 4.90 Å². The minimum Gasteiger partial charge on any atom is -0.371 e. The van der Waals surface area contributed by atoms with Gasteiger partial charge in [0.2, 0.25) is 0 Å². The van der Waals surface area contributed by atoms with E-state index in [0.717, 1.165) is 32.6 Å². The summed E-state index contributed by atoms with van der Waals surface area (Å²) in [5.41, 5.74) is 9.29. The van der Waals surface area contributed by atoms with Gasteiger partial charge in [0.1, 0.15) is 0 Å². The van der Waals surface area contributed by atoms with E-state index >= 15 is 0 Å². The van der Waals surface area contributed by atoms with E-state index < -0.39 is 0 Å². The summed E-state index contributed by atoms with van der Waals surface area (Å²) in [6.45, 7) is 6.74. The van der Waals surface area contributed by atoms with Crippen molar-refractivity contribution in [2.45, 2.75) is 19.4 Å². The second-order valence-corrected chi connectivity index (χ2v) is 6.21. The van der Waals surface area contributed by atoms with Crippen LogP contribution >= 0.6 is 0 Å². The molecule has 2 aliphatic rings. The SMILES string of the molecule is CCc1ccccc1N1CC2CN(C)CC(C1)C2N. The Hall–Kier alpha value is -1.06. The summed E-state index contributed by atoms with van der Waals surface area (Å²) >= 11 is 0. The summed E-state index contributed by atoms with van der Waals surface area (Å²) in [6.07, 6.45) is 1.11. The molecule has 3 rings (SSSR count). The molecule has 0 aromatic heterocycles. The normalized spacial score (nSPS) is 31.5. The van der Waals surface area contributed by atoms with Crippen LogP contribution in [0.4, 0.5) is 5.69 Å². The second kappa shape index (κ2) is 5.14. The van der Waals surface area contributed by atoms with Gasteiger partial charge in [0.15, 0.2) is 0 Å². The molecule has 1 aromatic rings. The third-order valence-electron chi connectivity index (χ3n) is 4.80. The van der Waals surface area contributed by atoms with Gasteiger partial charge in [-0.15, -0.1) is 0 Å². The van der Waals surface area contributed by atoms with E-state index in [1.54, 1.807) is 0 Å². The van der Waals surface area contributed by atoms with Crippen LogP contribution in [0.3, 0.4) is 0 Å². The lowest BCUT2D eigenvalue weighted by Crippen LogP contribution is -2.62. The van der Waals surface area contributed by atoms with Crippen molar-refractivity contribution in [2.24, 2.45) is 17.6 Å². The first-order valence-electron chi connectivity index (χ1n) is 7.46. The molecular weight excluding hydrogens is 234 g/mol. The van der Waals surface area contributed by atoms with Gasteiger partial charge in [-0.25, -0.2) is 0 Å². The van der Waals surface area contributed by atoms with E-state index in [4.69, 9.17) is 5.73 Å². The lowest BCUT2D eigenvalue weighted by molar-refractivity contribution is 0.107. The fourth-order valence-corrected chi connectivity index (χ4v) is 3.82. The fourth-order valence-electron chi connectivity index (χ4n) is 3.82. The Morgan fingerprint density at radius 1 is 1.11 bits per heavy atom. The lowest BCUT2D eigenvalue weighted by atomic mass is 9.80. The number of anilines is 1. The van der Waals surface area contributed by atoms with Crippen LogP contribution in [0.1, 0.15) is 12.5 Å². The average Bonchev–Trinajstić information content (AvgIpc) is 2.40. The fraction of sp³-hybridized carbons (Fsp3) is 0.625. The van der Waals surface area contributed by atoms with Gasteiger partial charge >= 0.3 is 0 Å². The van der Waals surface area contributed by atoms with E-state index in [0.29, 0.717) is 17.9 Å². The number of aryl methyl sites for hydroxylation is 1. The van der Waals surface area contributed by atoms with Crippen LogP contribution < -0.4 is 10.6 Å². The molecule has 2 bridgehead atoms. The molecule has 3 nitrogen and oxygen atoms in total. The molecule has 0 aliphatic carbocycles. The monoisotopic (exact) mass is 259 g/mol. The standard InChI is InChI=1S/C16H25N3/c1-3-12-6-4-5-7-15(12)19-10-13-8-18(2)9-14(11-19)16(13)17/h4-7,13-14,16H,3,8-11,17H2,1-2H3. The van der Waals surface area contributed by atoms with Gasteiger partial charge in [0.25, 0.3) is 0 Å². The third kappa shape index (κ3) is 2.37. The Labute approximate surface area is 116 Å². The highest BCUT2D eigenvalue weighted by molar-refractivity contribution is 5.54. The van der Waals surface area contributed by atoms with Crippen molar-refractivity contribution in [2.75, 3.05) is 38.1 Å². The molecule has 2 N–H and O–H groups in total. The molecule has 1 aromatic carbocycles. The molecule has 2 aliphatic heterocycles. The average molecular weight is 259 g/mol. The highest BCUT2D eigenvalue weighted by Crippen LogP contribution is 2.32. The first-order valence-corrected chi connectivity index (χ1v) is 7.46. The molecular formula is C16H25N3. The van der Waals surface area contributed by atoms with E-state index in [9.17, 15) is 0 Å². The number of hydrogen-bond donors (Lipinski definition) is 1. The zero-order chi connectivity index (χ0) is 13.4. The number of piperidine rings is 2. The molecule has 2 saturated heterocycles. The van der Waals surface area contributed by atoms with Crippen molar-refractivity contribution in [3.05, 3.63) is 29.8 Å². The van der Waals surface area contributed by atoms with Gasteiger partial charge in [0, 0.05) is 49.7 Å². The number of fused-ring (bicyclic) bond motifs is 2. The molecule has 2 heterocycles. The van der Waals surface area contributed by atoms with Crippen LogP contribution in [0, 0.1) is 11.8 Å². The molecule has 0 spiro atoms. The zero-order valence-electron chi connectivity index (χ0n) is 12.0. The van der Waals surface area contributed by atoms with Crippen LogP contribution in [-0.2, 0) is 6.42 Å². The Kier molecular flexibility index (Phi) is 3.50. The van der Waals surface area contributed by atoms with E-state index in [-0.39, 0.29) is 0 Å². The summed E-state index contributed by atoms with van der Waals surface area (Å²) in [4.78, 5) is 5.02. The largest absolute Gasteiger partial charge is 0.371 e. The van der Waals surface area contributed by atoms with Crippen LogP contribution in [0.15, 0.2) is 24.3 Å².